The van der Waals surface area contributed by atoms with E-state index in [0.29, 0.717) is 13.2 Å². The molecule has 1 aliphatic rings. The first kappa shape index (κ1) is 14.9. The molecule has 4 heteroatoms. The highest BCUT2D eigenvalue weighted by atomic mass is 16.5. The largest absolute Gasteiger partial charge is 0.492 e. The molecule has 0 aliphatic carbocycles. The highest BCUT2D eigenvalue weighted by Gasteiger charge is 2.34. The maximum absolute atomic E-state index is 11.1. The van der Waals surface area contributed by atoms with Crippen molar-refractivity contribution in [2.75, 3.05) is 26.2 Å². The SMILES string of the molecule is Cc1cc(C)cc(OCCN2CC(C)C(C(=O)O)C2)c1. The molecule has 110 valence electrons. The summed E-state index contributed by atoms with van der Waals surface area (Å²) in [5.74, 6) is 0.185. The van der Waals surface area contributed by atoms with Crippen molar-refractivity contribution in [1.82, 2.24) is 4.90 Å². The Morgan fingerprint density at radius 1 is 1.30 bits per heavy atom. The minimum absolute atomic E-state index is 0.216. The van der Waals surface area contributed by atoms with E-state index in [1.165, 1.54) is 11.1 Å². The molecule has 0 bridgehead atoms. The van der Waals surface area contributed by atoms with Gasteiger partial charge in [0.1, 0.15) is 12.4 Å². The van der Waals surface area contributed by atoms with E-state index in [2.05, 4.69) is 24.8 Å². The van der Waals surface area contributed by atoms with Gasteiger partial charge in [-0.2, -0.15) is 0 Å². The predicted molar refractivity (Wildman–Crippen MR) is 78.1 cm³/mol. The van der Waals surface area contributed by atoms with Crippen LogP contribution in [0.4, 0.5) is 0 Å². The number of aryl methyl sites for hydroxylation is 2. The number of carboxylic acids is 1. The van der Waals surface area contributed by atoms with Crippen molar-refractivity contribution in [3.05, 3.63) is 29.3 Å². The fourth-order valence-electron chi connectivity index (χ4n) is 2.88. The first-order valence-corrected chi connectivity index (χ1v) is 7.12. The molecule has 1 heterocycles. The minimum Gasteiger partial charge on any atom is -0.492 e. The lowest BCUT2D eigenvalue weighted by atomic mass is 9.99. The number of hydrogen-bond acceptors (Lipinski definition) is 3. The number of carbonyl (C=O) groups is 1. The van der Waals surface area contributed by atoms with Crippen LogP contribution in [0.1, 0.15) is 18.1 Å². The summed E-state index contributed by atoms with van der Waals surface area (Å²) in [6.07, 6.45) is 0. The van der Waals surface area contributed by atoms with E-state index in [1.54, 1.807) is 0 Å². The van der Waals surface area contributed by atoms with Gasteiger partial charge in [0.05, 0.1) is 5.92 Å². The highest BCUT2D eigenvalue weighted by molar-refractivity contribution is 5.71. The third-order valence-corrected chi connectivity index (χ3v) is 3.88. The van der Waals surface area contributed by atoms with Crippen molar-refractivity contribution >= 4 is 5.97 Å². The van der Waals surface area contributed by atoms with Gasteiger partial charge >= 0.3 is 5.97 Å². The van der Waals surface area contributed by atoms with Gasteiger partial charge in [0.15, 0.2) is 0 Å². The zero-order valence-electron chi connectivity index (χ0n) is 12.4. The molecule has 2 atom stereocenters. The zero-order chi connectivity index (χ0) is 14.7. The molecule has 0 spiro atoms. The quantitative estimate of drug-likeness (QED) is 0.897. The number of rotatable bonds is 5. The fourth-order valence-corrected chi connectivity index (χ4v) is 2.88. The number of benzene rings is 1. The van der Waals surface area contributed by atoms with Gasteiger partial charge < -0.3 is 9.84 Å². The lowest BCUT2D eigenvalue weighted by Gasteiger charge is -2.16. The molecule has 2 rings (SSSR count). The molecule has 0 radical (unpaired) electrons. The first-order valence-electron chi connectivity index (χ1n) is 7.12. The number of aliphatic carboxylic acids is 1. The normalized spacial score (nSPS) is 22.9. The van der Waals surface area contributed by atoms with E-state index in [4.69, 9.17) is 9.84 Å². The molecule has 0 amide bonds. The van der Waals surface area contributed by atoms with Crippen molar-refractivity contribution in [3.63, 3.8) is 0 Å². The summed E-state index contributed by atoms with van der Waals surface area (Å²) in [5.41, 5.74) is 2.39. The molecule has 1 aromatic rings. The van der Waals surface area contributed by atoms with Crippen molar-refractivity contribution in [2.24, 2.45) is 11.8 Å². The van der Waals surface area contributed by atoms with E-state index >= 15 is 0 Å². The van der Waals surface area contributed by atoms with E-state index in [0.717, 1.165) is 18.8 Å². The van der Waals surface area contributed by atoms with E-state index < -0.39 is 5.97 Å². The number of nitrogens with zero attached hydrogens (tertiary/aromatic N) is 1. The Labute approximate surface area is 120 Å². The number of ether oxygens (including phenoxy) is 1. The summed E-state index contributed by atoms with van der Waals surface area (Å²) >= 11 is 0. The molecule has 1 fully saturated rings. The average Bonchev–Trinajstić information content (AvgIpc) is 2.69. The summed E-state index contributed by atoms with van der Waals surface area (Å²) in [5, 5.41) is 9.11. The second-order valence-electron chi connectivity index (χ2n) is 5.85. The zero-order valence-corrected chi connectivity index (χ0v) is 12.4. The van der Waals surface area contributed by atoms with Gasteiger partial charge in [-0.25, -0.2) is 0 Å². The molecule has 2 unspecified atom stereocenters. The second kappa shape index (κ2) is 6.27. The molecule has 4 nitrogen and oxygen atoms in total. The van der Waals surface area contributed by atoms with Gasteiger partial charge in [0, 0.05) is 19.6 Å². The smallest absolute Gasteiger partial charge is 0.308 e. The molecule has 1 aromatic carbocycles. The third-order valence-electron chi connectivity index (χ3n) is 3.88. The van der Waals surface area contributed by atoms with Crippen LogP contribution in [0.5, 0.6) is 5.75 Å². The van der Waals surface area contributed by atoms with Crippen LogP contribution in [0.15, 0.2) is 18.2 Å². The molecular weight excluding hydrogens is 254 g/mol. The Balaban J connectivity index is 1.80. The maximum atomic E-state index is 11.1. The van der Waals surface area contributed by atoms with E-state index in [1.807, 2.05) is 19.1 Å². The predicted octanol–water partition coefficient (Wildman–Crippen LogP) is 2.33. The Morgan fingerprint density at radius 2 is 1.95 bits per heavy atom. The summed E-state index contributed by atoms with van der Waals surface area (Å²) in [7, 11) is 0. The van der Waals surface area contributed by atoms with Crippen LogP contribution >= 0.6 is 0 Å². The van der Waals surface area contributed by atoms with Crippen molar-refractivity contribution < 1.29 is 14.6 Å². The Kier molecular flexibility index (Phi) is 4.65. The first-order chi connectivity index (χ1) is 9.45. The average molecular weight is 277 g/mol. The number of carboxylic acid groups (broad SMARTS) is 1. The van der Waals surface area contributed by atoms with Crippen molar-refractivity contribution in [2.45, 2.75) is 20.8 Å². The van der Waals surface area contributed by atoms with E-state index in [-0.39, 0.29) is 11.8 Å². The number of hydrogen-bond donors (Lipinski definition) is 1. The molecular formula is C16H23NO3. The van der Waals surface area contributed by atoms with Gasteiger partial charge in [0.25, 0.3) is 0 Å². The Morgan fingerprint density at radius 3 is 2.50 bits per heavy atom. The van der Waals surface area contributed by atoms with Gasteiger partial charge in [-0.3, -0.25) is 9.69 Å². The molecule has 0 aromatic heterocycles. The molecule has 1 N–H and O–H groups in total. The molecule has 0 saturated carbocycles. The Hall–Kier alpha value is -1.55. The van der Waals surface area contributed by atoms with Crippen LogP contribution < -0.4 is 4.74 Å². The van der Waals surface area contributed by atoms with Gasteiger partial charge in [-0.15, -0.1) is 0 Å². The molecule has 1 aliphatic heterocycles. The van der Waals surface area contributed by atoms with Crippen LogP contribution in [-0.4, -0.2) is 42.2 Å². The van der Waals surface area contributed by atoms with Crippen LogP contribution in [0.25, 0.3) is 0 Å². The van der Waals surface area contributed by atoms with Crippen LogP contribution in [0, 0.1) is 25.7 Å². The Bertz CT molecular complexity index is 466. The van der Waals surface area contributed by atoms with Crippen LogP contribution in [0.2, 0.25) is 0 Å². The monoisotopic (exact) mass is 277 g/mol. The van der Waals surface area contributed by atoms with Gasteiger partial charge in [0.2, 0.25) is 0 Å². The summed E-state index contributed by atoms with van der Waals surface area (Å²) in [6, 6.07) is 6.17. The summed E-state index contributed by atoms with van der Waals surface area (Å²) in [6.45, 7) is 8.96. The van der Waals surface area contributed by atoms with Crippen molar-refractivity contribution in [3.8, 4) is 5.75 Å². The van der Waals surface area contributed by atoms with Crippen LogP contribution in [-0.2, 0) is 4.79 Å². The molecule has 20 heavy (non-hydrogen) atoms. The third kappa shape index (κ3) is 3.73. The summed E-state index contributed by atoms with van der Waals surface area (Å²) < 4.78 is 5.77. The highest BCUT2D eigenvalue weighted by Crippen LogP contribution is 2.23. The maximum Gasteiger partial charge on any atom is 0.308 e. The standard InChI is InChI=1S/C16H23NO3/c1-11-6-12(2)8-14(7-11)20-5-4-17-9-13(3)15(10-17)16(18)19/h6-8,13,15H,4-5,9-10H2,1-3H3,(H,18,19). The molecule has 1 saturated heterocycles. The lowest BCUT2D eigenvalue weighted by molar-refractivity contribution is -0.142. The lowest BCUT2D eigenvalue weighted by Crippen LogP contribution is -2.27. The van der Waals surface area contributed by atoms with E-state index in [9.17, 15) is 4.79 Å². The second-order valence-corrected chi connectivity index (χ2v) is 5.85. The van der Waals surface area contributed by atoms with Crippen molar-refractivity contribution in [1.29, 1.82) is 0 Å². The van der Waals surface area contributed by atoms with Gasteiger partial charge in [-0.05, 0) is 43.0 Å². The topological polar surface area (TPSA) is 49.8 Å². The minimum atomic E-state index is -0.685. The summed E-state index contributed by atoms with van der Waals surface area (Å²) in [4.78, 5) is 13.2. The van der Waals surface area contributed by atoms with Crippen LogP contribution in [0.3, 0.4) is 0 Å². The fraction of sp³-hybridized carbons (Fsp3) is 0.562. The number of likely N-dealkylation sites (tertiary alicyclic amines) is 1. The van der Waals surface area contributed by atoms with Gasteiger partial charge in [-0.1, -0.05) is 13.0 Å².